The van der Waals surface area contributed by atoms with Crippen LogP contribution in [-0.4, -0.2) is 4.92 Å². The number of benzene rings is 1. The van der Waals surface area contributed by atoms with Gasteiger partial charge in [-0.15, -0.1) is 0 Å². The number of rotatable bonds is 2. The SMILES string of the molecule is NCc1c(I)ccc([N+](=O)[O-])c1F. The van der Waals surface area contributed by atoms with Gasteiger partial charge in [-0.05, 0) is 28.7 Å². The van der Waals surface area contributed by atoms with E-state index < -0.39 is 16.4 Å². The fourth-order valence-corrected chi connectivity index (χ4v) is 1.55. The standard InChI is InChI=1S/C7H6FIN2O2/c8-7-4(3-10)5(9)1-2-6(7)11(12)13/h1-2H,3,10H2. The number of halogens is 2. The van der Waals surface area contributed by atoms with Crippen molar-refractivity contribution in [3.8, 4) is 0 Å². The number of nitro groups is 1. The minimum Gasteiger partial charge on any atom is -0.326 e. The number of nitrogens with two attached hydrogens (primary N) is 1. The fourth-order valence-electron chi connectivity index (χ4n) is 0.913. The fraction of sp³-hybridized carbons (Fsp3) is 0.143. The van der Waals surface area contributed by atoms with Crippen molar-refractivity contribution in [1.82, 2.24) is 0 Å². The van der Waals surface area contributed by atoms with E-state index in [1.807, 2.05) is 22.6 Å². The first-order valence-corrected chi connectivity index (χ1v) is 4.47. The monoisotopic (exact) mass is 296 g/mol. The summed E-state index contributed by atoms with van der Waals surface area (Å²) in [7, 11) is 0. The second-order valence-corrected chi connectivity index (χ2v) is 3.48. The molecule has 0 unspecified atom stereocenters. The molecule has 0 saturated carbocycles. The maximum absolute atomic E-state index is 13.3. The van der Waals surface area contributed by atoms with Crippen LogP contribution in [0.15, 0.2) is 12.1 Å². The summed E-state index contributed by atoms with van der Waals surface area (Å²) in [6, 6.07) is 2.61. The molecule has 0 bridgehead atoms. The molecule has 0 atom stereocenters. The maximum atomic E-state index is 13.3. The van der Waals surface area contributed by atoms with E-state index in [4.69, 9.17) is 5.73 Å². The van der Waals surface area contributed by atoms with Crippen LogP contribution in [0.2, 0.25) is 0 Å². The third-order valence-electron chi connectivity index (χ3n) is 1.57. The Morgan fingerprint density at radius 3 is 2.69 bits per heavy atom. The molecule has 1 rings (SSSR count). The third kappa shape index (κ3) is 1.94. The molecule has 2 N–H and O–H groups in total. The Hall–Kier alpha value is -0.760. The van der Waals surface area contributed by atoms with Crippen molar-refractivity contribution in [2.24, 2.45) is 5.73 Å². The maximum Gasteiger partial charge on any atom is 0.305 e. The van der Waals surface area contributed by atoms with Gasteiger partial charge in [0.15, 0.2) is 0 Å². The Bertz CT molecular complexity index is 357. The van der Waals surface area contributed by atoms with Crippen LogP contribution in [0.5, 0.6) is 0 Å². The van der Waals surface area contributed by atoms with Gasteiger partial charge in [0, 0.05) is 21.7 Å². The molecule has 4 nitrogen and oxygen atoms in total. The second-order valence-electron chi connectivity index (χ2n) is 2.32. The average Bonchev–Trinajstić information content (AvgIpc) is 2.04. The molecular formula is C7H6FIN2O2. The van der Waals surface area contributed by atoms with Crippen LogP contribution >= 0.6 is 22.6 Å². The highest BCUT2D eigenvalue weighted by Gasteiger charge is 2.18. The summed E-state index contributed by atoms with van der Waals surface area (Å²) in [4.78, 5) is 9.56. The minimum absolute atomic E-state index is 0.0359. The van der Waals surface area contributed by atoms with Crippen molar-refractivity contribution in [2.45, 2.75) is 6.54 Å². The van der Waals surface area contributed by atoms with E-state index >= 15 is 0 Å². The van der Waals surface area contributed by atoms with Crippen LogP contribution in [-0.2, 0) is 6.54 Å². The summed E-state index contributed by atoms with van der Waals surface area (Å²) < 4.78 is 13.9. The topological polar surface area (TPSA) is 69.2 Å². The van der Waals surface area contributed by atoms with E-state index in [1.54, 1.807) is 0 Å². The van der Waals surface area contributed by atoms with Crippen molar-refractivity contribution in [2.75, 3.05) is 0 Å². The molecule has 1 aromatic rings. The molecule has 0 aliphatic rings. The number of hydrogen-bond acceptors (Lipinski definition) is 3. The summed E-state index contributed by atoms with van der Waals surface area (Å²) in [5, 5.41) is 10.3. The predicted octanol–water partition coefficient (Wildman–Crippen LogP) is 1.80. The molecule has 0 aliphatic carbocycles. The molecule has 1 aromatic carbocycles. The van der Waals surface area contributed by atoms with Crippen LogP contribution in [0.1, 0.15) is 5.56 Å². The molecule has 0 spiro atoms. The average molecular weight is 296 g/mol. The third-order valence-corrected chi connectivity index (χ3v) is 2.58. The Labute approximate surface area is 87.2 Å². The van der Waals surface area contributed by atoms with Gasteiger partial charge in [-0.2, -0.15) is 4.39 Å². The lowest BCUT2D eigenvalue weighted by atomic mass is 10.2. The highest BCUT2D eigenvalue weighted by molar-refractivity contribution is 14.1. The summed E-state index contributed by atoms with van der Waals surface area (Å²) in [6.45, 7) is -0.0359. The quantitative estimate of drug-likeness (QED) is 0.514. The molecule has 70 valence electrons. The highest BCUT2D eigenvalue weighted by atomic mass is 127. The Kier molecular flexibility index (Phi) is 3.15. The van der Waals surface area contributed by atoms with Gasteiger partial charge in [0.1, 0.15) is 0 Å². The molecule has 0 heterocycles. The van der Waals surface area contributed by atoms with Gasteiger partial charge in [0.25, 0.3) is 0 Å². The smallest absolute Gasteiger partial charge is 0.305 e. The van der Waals surface area contributed by atoms with Gasteiger partial charge in [-0.1, -0.05) is 0 Å². The zero-order valence-electron chi connectivity index (χ0n) is 6.46. The molecule has 0 aliphatic heterocycles. The van der Waals surface area contributed by atoms with Gasteiger partial charge >= 0.3 is 5.69 Å². The molecule has 0 fully saturated rings. The second kappa shape index (κ2) is 3.97. The lowest BCUT2D eigenvalue weighted by Gasteiger charge is -2.02. The lowest BCUT2D eigenvalue weighted by molar-refractivity contribution is -0.387. The van der Waals surface area contributed by atoms with Crippen molar-refractivity contribution in [3.63, 3.8) is 0 Å². The van der Waals surface area contributed by atoms with Crippen molar-refractivity contribution in [3.05, 3.63) is 37.2 Å². The predicted molar refractivity (Wildman–Crippen MR) is 53.7 cm³/mol. The summed E-state index contributed by atoms with van der Waals surface area (Å²) in [5.41, 5.74) is 4.92. The first-order chi connectivity index (χ1) is 6.07. The molecule has 13 heavy (non-hydrogen) atoms. The van der Waals surface area contributed by atoms with Gasteiger partial charge < -0.3 is 5.73 Å². The first kappa shape index (κ1) is 10.3. The number of nitro benzene ring substituents is 1. The Morgan fingerprint density at radius 1 is 1.62 bits per heavy atom. The molecule has 0 radical (unpaired) electrons. The van der Waals surface area contributed by atoms with Crippen LogP contribution in [0.25, 0.3) is 0 Å². The van der Waals surface area contributed by atoms with Crippen molar-refractivity contribution in [1.29, 1.82) is 0 Å². The van der Waals surface area contributed by atoms with E-state index in [0.29, 0.717) is 3.57 Å². The van der Waals surface area contributed by atoms with E-state index in [9.17, 15) is 14.5 Å². The molecule has 0 saturated heterocycles. The van der Waals surface area contributed by atoms with Gasteiger partial charge in [-0.3, -0.25) is 10.1 Å². The largest absolute Gasteiger partial charge is 0.326 e. The van der Waals surface area contributed by atoms with Gasteiger partial charge in [0.2, 0.25) is 5.82 Å². The van der Waals surface area contributed by atoms with Crippen LogP contribution in [0.4, 0.5) is 10.1 Å². The minimum atomic E-state index is -0.834. The lowest BCUT2D eigenvalue weighted by Crippen LogP contribution is -2.05. The number of hydrogen-bond donors (Lipinski definition) is 1. The van der Waals surface area contributed by atoms with Crippen molar-refractivity contribution < 1.29 is 9.31 Å². The van der Waals surface area contributed by atoms with Gasteiger partial charge in [-0.25, -0.2) is 0 Å². The normalized spacial score (nSPS) is 10.1. The summed E-state index contributed by atoms with van der Waals surface area (Å²) in [5.74, 6) is -0.834. The highest BCUT2D eigenvalue weighted by Crippen LogP contribution is 2.24. The zero-order valence-corrected chi connectivity index (χ0v) is 8.62. The molecule has 0 aromatic heterocycles. The molecule has 0 amide bonds. The van der Waals surface area contributed by atoms with E-state index in [1.165, 1.54) is 6.07 Å². The van der Waals surface area contributed by atoms with Crippen molar-refractivity contribution >= 4 is 28.3 Å². The first-order valence-electron chi connectivity index (χ1n) is 3.39. The van der Waals surface area contributed by atoms with E-state index in [2.05, 4.69) is 0 Å². The Morgan fingerprint density at radius 2 is 2.23 bits per heavy atom. The van der Waals surface area contributed by atoms with Crippen LogP contribution < -0.4 is 5.73 Å². The molecular weight excluding hydrogens is 290 g/mol. The summed E-state index contributed by atoms with van der Waals surface area (Å²) >= 11 is 1.88. The molecule has 6 heteroatoms. The number of nitrogens with zero attached hydrogens (tertiary/aromatic N) is 1. The van der Waals surface area contributed by atoms with Gasteiger partial charge in [0.05, 0.1) is 4.92 Å². The van der Waals surface area contributed by atoms with Crippen LogP contribution in [0, 0.1) is 19.5 Å². The van der Waals surface area contributed by atoms with E-state index in [-0.39, 0.29) is 12.1 Å². The Balaban J connectivity index is 3.35. The van der Waals surface area contributed by atoms with Crippen LogP contribution in [0.3, 0.4) is 0 Å². The zero-order chi connectivity index (χ0) is 10.0. The summed E-state index contributed by atoms with van der Waals surface area (Å²) in [6.07, 6.45) is 0. The van der Waals surface area contributed by atoms with E-state index in [0.717, 1.165) is 6.07 Å².